The van der Waals surface area contributed by atoms with Gasteiger partial charge in [-0.3, -0.25) is 4.98 Å². The molecule has 1 aromatic carbocycles. The first kappa shape index (κ1) is 25.1. The van der Waals surface area contributed by atoms with Crippen LogP contribution in [0.4, 0.5) is 10.5 Å². The van der Waals surface area contributed by atoms with Crippen LogP contribution in [-0.4, -0.2) is 55.3 Å². The highest BCUT2D eigenvalue weighted by Gasteiger charge is 2.27. The Morgan fingerprint density at radius 2 is 2.14 bits per heavy atom. The Labute approximate surface area is 187 Å². The highest BCUT2D eigenvalue weighted by Crippen LogP contribution is 2.27. The summed E-state index contributed by atoms with van der Waals surface area (Å²) >= 11 is 6.13. The number of rotatable bonds is 5. The van der Waals surface area contributed by atoms with Gasteiger partial charge in [0.25, 0.3) is 0 Å². The number of methoxy groups -OCH3 is 1. The van der Waals surface area contributed by atoms with Gasteiger partial charge < -0.3 is 25.0 Å². The van der Waals surface area contributed by atoms with Crippen molar-refractivity contribution in [2.24, 2.45) is 0 Å². The molecule has 7 nitrogen and oxygen atoms in total. The number of hydrogen-bond acceptors (Lipinski definition) is 5. The predicted octanol–water partition coefficient (Wildman–Crippen LogP) is 3.78. The summed E-state index contributed by atoms with van der Waals surface area (Å²) in [5, 5.41) is 6.65. The number of nitrogens with zero attached hydrogens (tertiary/aromatic N) is 2. The molecule has 1 aliphatic heterocycles. The molecule has 1 unspecified atom stereocenters. The summed E-state index contributed by atoms with van der Waals surface area (Å²) in [6, 6.07) is 8.59. The average Bonchev–Trinajstić information content (AvgIpc) is 2.68. The number of carbonyl (C=O) groups excluding carboxylic acids is 1. The van der Waals surface area contributed by atoms with Crippen LogP contribution in [0.5, 0.6) is 11.5 Å². The van der Waals surface area contributed by atoms with Crippen LogP contribution in [0.25, 0.3) is 0 Å². The van der Waals surface area contributed by atoms with Crippen molar-refractivity contribution in [2.75, 3.05) is 38.7 Å². The van der Waals surface area contributed by atoms with Gasteiger partial charge in [0.2, 0.25) is 0 Å². The minimum atomic E-state index is -0.186. The van der Waals surface area contributed by atoms with Crippen LogP contribution in [-0.2, 0) is 0 Å². The molecule has 2 N–H and O–H groups in total. The Morgan fingerprint density at radius 3 is 2.83 bits per heavy atom. The zero-order chi connectivity index (χ0) is 19.2. The van der Waals surface area contributed by atoms with E-state index in [4.69, 9.17) is 21.1 Å². The molecule has 1 atom stereocenters. The van der Waals surface area contributed by atoms with Crippen LogP contribution in [0, 0.1) is 6.92 Å². The minimum absolute atomic E-state index is 0. The fraction of sp³-hybridized carbons (Fsp3) is 0.368. The first-order valence-corrected chi connectivity index (χ1v) is 9.12. The summed E-state index contributed by atoms with van der Waals surface area (Å²) in [5.41, 5.74) is 1.44. The number of anilines is 1. The fourth-order valence-electron chi connectivity index (χ4n) is 2.92. The van der Waals surface area contributed by atoms with Gasteiger partial charge in [0.1, 0.15) is 18.1 Å². The Kier molecular flexibility index (Phi) is 10.3. The van der Waals surface area contributed by atoms with Gasteiger partial charge in [0, 0.05) is 31.5 Å². The second kappa shape index (κ2) is 11.9. The van der Waals surface area contributed by atoms with Crippen LogP contribution in [0.15, 0.2) is 36.5 Å². The number of piperazine rings is 1. The standard InChI is InChI=1S/C19H23ClN4O3.2ClH/c1-13-17(4-3-7-22-13)27-12-15-11-21-8-9-24(15)19(25)23-14-5-6-18(26-2)16(20)10-14;;/h3-7,10,15,21H,8-9,11-12H2,1-2H3,(H,23,25);2*1H. The van der Waals surface area contributed by atoms with E-state index in [1.165, 1.54) is 0 Å². The number of aryl methyl sites for hydroxylation is 1. The monoisotopic (exact) mass is 462 g/mol. The van der Waals surface area contributed by atoms with Gasteiger partial charge in [0.05, 0.1) is 23.9 Å². The van der Waals surface area contributed by atoms with Crippen LogP contribution >= 0.6 is 36.4 Å². The molecule has 1 aromatic heterocycles. The van der Waals surface area contributed by atoms with E-state index in [2.05, 4.69) is 15.6 Å². The van der Waals surface area contributed by atoms with Crippen molar-refractivity contribution in [1.82, 2.24) is 15.2 Å². The molecular formula is C19H25Cl3N4O3. The van der Waals surface area contributed by atoms with Crippen molar-refractivity contribution in [1.29, 1.82) is 0 Å². The maximum absolute atomic E-state index is 12.8. The van der Waals surface area contributed by atoms with E-state index < -0.39 is 0 Å². The highest BCUT2D eigenvalue weighted by molar-refractivity contribution is 6.32. The molecule has 10 heteroatoms. The summed E-state index contributed by atoms with van der Waals surface area (Å²) in [4.78, 5) is 18.8. The predicted molar refractivity (Wildman–Crippen MR) is 119 cm³/mol. The van der Waals surface area contributed by atoms with E-state index in [0.29, 0.717) is 36.2 Å². The Morgan fingerprint density at radius 1 is 1.34 bits per heavy atom. The lowest BCUT2D eigenvalue weighted by molar-refractivity contribution is 0.132. The second-order valence-electron chi connectivity index (χ2n) is 6.23. The molecule has 0 aliphatic carbocycles. The number of hydrogen-bond donors (Lipinski definition) is 2. The number of pyridine rings is 1. The van der Waals surface area contributed by atoms with E-state index in [-0.39, 0.29) is 36.9 Å². The van der Waals surface area contributed by atoms with Crippen LogP contribution in [0.1, 0.15) is 5.69 Å². The highest BCUT2D eigenvalue weighted by atomic mass is 35.5. The Bertz CT molecular complexity index is 810. The van der Waals surface area contributed by atoms with Gasteiger partial charge in [-0.1, -0.05) is 11.6 Å². The van der Waals surface area contributed by atoms with Crippen molar-refractivity contribution in [3.63, 3.8) is 0 Å². The van der Waals surface area contributed by atoms with E-state index in [1.807, 2.05) is 19.1 Å². The van der Waals surface area contributed by atoms with Crippen molar-refractivity contribution in [2.45, 2.75) is 13.0 Å². The molecule has 0 bridgehead atoms. The van der Waals surface area contributed by atoms with Crippen molar-refractivity contribution < 1.29 is 14.3 Å². The summed E-state index contributed by atoms with van der Waals surface area (Å²) < 4.78 is 11.0. The van der Waals surface area contributed by atoms with Gasteiger partial charge in [-0.05, 0) is 37.3 Å². The Hall–Kier alpha value is -1.93. The molecule has 2 heterocycles. The molecule has 2 amide bonds. The second-order valence-corrected chi connectivity index (χ2v) is 6.64. The van der Waals surface area contributed by atoms with Crippen molar-refractivity contribution in [3.8, 4) is 11.5 Å². The van der Waals surface area contributed by atoms with Gasteiger partial charge in [-0.2, -0.15) is 0 Å². The van der Waals surface area contributed by atoms with Crippen LogP contribution in [0.2, 0.25) is 5.02 Å². The molecule has 1 aliphatic rings. The van der Waals surface area contributed by atoms with Gasteiger partial charge in [-0.25, -0.2) is 4.79 Å². The average molecular weight is 464 g/mol. The lowest BCUT2D eigenvalue weighted by Gasteiger charge is -2.36. The van der Waals surface area contributed by atoms with E-state index in [9.17, 15) is 4.79 Å². The number of nitrogens with one attached hydrogen (secondary N) is 2. The van der Waals surface area contributed by atoms with E-state index >= 15 is 0 Å². The molecule has 0 spiro atoms. The summed E-state index contributed by atoms with van der Waals surface area (Å²) in [6.45, 7) is 4.27. The molecule has 0 radical (unpaired) electrons. The zero-order valence-corrected chi connectivity index (χ0v) is 18.6. The van der Waals surface area contributed by atoms with E-state index in [1.54, 1.807) is 36.4 Å². The molecule has 160 valence electrons. The number of benzene rings is 1. The third kappa shape index (κ3) is 6.54. The zero-order valence-electron chi connectivity index (χ0n) is 16.2. The molecule has 1 fully saturated rings. The summed E-state index contributed by atoms with van der Waals surface area (Å²) in [7, 11) is 1.55. The lowest BCUT2D eigenvalue weighted by atomic mass is 10.2. The molecule has 0 saturated carbocycles. The van der Waals surface area contributed by atoms with Crippen molar-refractivity contribution >= 4 is 48.1 Å². The summed E-state index contributed by atoms with van der Waals surface area (Å²) in [5.74, 6) is 1.29. The minimum Gasteiger partial charge on any atom is -0.495 e. The number of amides is 2. The number of aromatic nitrogens is 1. The SMILES string of the molecule is COc1ccc(NC(=O)N2CCNCC2COc2cccnc2C)cc1Cl.Cl.Cl. The number of ether oxygens (including phenoxy) is 2. The fourth-order valence-corrected chi connectivity index (χ4v) is 3.18. The normalized spacial score (nSPS) is 15.6. The van der Waals surface area contributed by atoms with Gasteiger partial charge in [0.15, 0.2) is 0 Å². The Balaban J connectivity index is 0.00000210. The molecular weight excluding hydrogens is 439 g/mol. The first-order chi connectivity index (χ1) is 13.1. The van der Waals surface area contributed by atoms with Crippen molar-refractivity contribution in [3.05, 3.63) is 47.2 Å². The van der Waals surface area contributed by atoms with Gasteiger partial charge in [-0.15, -0.1) is 24.8 Å². The van der Waals surface area contributed by atoms with Crippen LogP contribution in [0.3, 0.4) is 0 Å². The molecule has 2 aromatic rings. The summed E-state index contributed by atoms with van der Waals surface area (Å²) in [6.07, 6.45) is 1.73. The topological polar surface area (TPSA) is 75.7 Å². The molecule has 1 saturated heterocycles. The number of urea groups is 1. The molecule has 3 rings (SSSR count). The maximum atomic E-state index is 12.8. The quantitative estimate of drug-likeness (QED) is 0.706. The third-order valence-corrected chi connectivity index (χ3v) is 4.70. The largest absolute Gasteiger partial charge is 0.495 e. The third-order valence-electron chi connectivity index (χ3n) is 4.40. The smallest absolute Gasteiger partial charge is 0.322 e. The van der Waals surface area contributed by atoms with Gasteiger partial charge >= 0.3 is 6.03 Å². The van der Waals surface area contributed by atoms with E-state index in [0.717, 1.165) is 18.0 Å². The number of halogens is 3. The maximum Gasteiger partial charge on any atom is 0.322 e. The lowest BCUT2D eigenvalue weighted by Crippen LogP contribution is -2.57. The number of carbonyl (C=O) groups is 1. The van der Waals surface area contributed by atoms with Crippen LogP contribution < -0.4 is 20.1 Å². The molecule has 29 heavy (non-hydrogen) atoms. The first-order valence-electron chi connectivity index (χ1n) is 8.75.